The van der Waals surface area contributed by atoms with Crippen LogP contribution in [0.5, 0.6) is 0 Å². The Morgan fingerprint density at radius 2 is 2.07 bits per heavy atom. The van der Waals surface area contributed by atoms with Gasteiger partial charge in [-0.25, -0.2) is 0 Å². The molecule has 1 N–H and O–H groups in total. The van der Waals surface area contributed by atoms with Crippen LogP contribution in [-0.2, 0) is 9.59 Å². The summed E-state index contributed by atoms with van der Waals surface area (Å²) in [6.45, 7) is 3.41. The van der Waals surface area contributed by atoms with Gasteiger partial charge in [-0.2, -0.15) is 0 Å². The first-order chi connectivity index (χ1) is 13.5. The lowest BCUT2D eigenvalue weighted by Gasteiger charge is -2.14. The molecule has 1 aromatic rings. The molecule has 0 bridgehead atoms. The predicted molar refractivity (Wildman–Crippen MR) is 122 cm³/mol. The van der Waals surface area contributed by atoms with Crippen LogP contribution in [0.15, 0.2) is 34.2 Å². The van der Waals surface area contributed by atoms with Gasteiger partial charge in [-0.15, -0.1) is 0 Å². The van der Waals surface area contributed by atoms with Crippen LogP contribution in [0.1, 0.15) is 36.8 Å². The minimum absolute atomic E-state index is 0.0137. The third-order valence-electron chi connectivity index (χ3n) is 4.37. The highest BCUT2D eigenvalue weighted by Crippen LogP contribution is 2.32. The summed E-state index contributed by atoms with van der Waals surface area (Å²) in [4.78, 5) is 31.0. The van der Waals surface area contributed by atoms with E-state index in [1.165, 1.54) is 17.3 Å². The van der Waals surface area contributed by atoms with Gasteiger partial charge in [0, 0.05) is 18.7 Å². The molecule has 2 heterocycles. The molecule has 0 aromatic heterocycles. The predicted octanol–water partition coefficient (Wildman–Crippen LogP) is 3.98. The van der Waals surface area contributed by atoms with Crippen molar-refractivity contribution in [3.05, 3.63) is 40.3 Å². The molecule has 0 spiro atoms. The number of amides is 2. The van der Waals surface area contributed by atoms with Gasteiger partial charge >= 0.3 is 0 Å². The minimum Gasteiger partial charge on any atom is -0.305 e. The van der Waals surface area contributed by atoms with Crippen LogP contribution in [-0.4, -0.2) is 45.0 Å². The third-order valence-corrected chi connectivity index (χ3v) is 6.64. The zero-order valence-corrected chi connectivity index (χ0v) is 18.2. The number of unbranched alkanes of at least 4 members (excludes halogenated alkanes) is 2. The Labute approximate surface area is 179 Å². The van der Waals surface area contributed by atoms with Crippen molar-refractivity contribution in [2.24, 2.45) is 4.99 Å². The molecule has 2 amide bonds. The summed E-state index contributed by atoms with van der Waals surface area (Å²) in [5.41, 5.74) is 2.19. The lowest BCUT2D eigenvalue weighted by atomic mass is 10.1. The van der Waals surface area contributed by atoms with Crippen LogP contribution in [0.2, 0.25) is 0 Å². The number of thiocarbonyl (C=S) groups is 1. The first-order valence-electron chi connectivity index (χ1n) is 9.32. The summed E-state index contributed by atoms with van der Waals surface area (Å²) in [5.74, 6) is 0.932. The fourth-order valence-electron chi connectivity index (χ4n) is 2.83. The Kier molecular flexibility index (Phi) is 7.70. The molecule has 2 aliphatic heterocycles. The number of nitrogens with zero attached hydrogens (tertiary/aromatic N) is 2. The number of hydrogen-bond donors (Lipinski definition) is 1. The molecular weight excluding hydrogens is 410 g/mol. The first-order valence-corrected chi connectivity index (χ1v) is 11.5. The lowest BCUT2D eigenvalue weighted by molar-refractivity contribution is -0.122. The number of benzene rings is 1. The summed E-state index contributed by atoms with van der Waals surface area (Å²) in [6.07, 6.45) is 4.87. The van der Waals surface area contributed by atoms with Crippen molar-refractivity contribution in [2.75, 3.05) is 18.8 Å². The SMILES string of the molecule is Cc1ccc(/C=C2\SC(=S)N(CCCCCC(=O)NC3=NCCS3)C2=O)cc1. The molecule has 8 heteroatoms. The number of aryl methyl sites for hydroxylation is 1. The molecule has 1 aromatic carbocycles. The Balaban J connectivity index is 1.40. The molecule has 148 valence electrons. The largest absolute Gasteiger partial charge is 0.305 e. The van der Waals surface area contributed by atoms with Gasteiger partial charge in [-0.3, -0.25) is 19.5 Å². The maximum absolute atomic E-state index is 12.6. The Morgan fingerprint density at radius 1 is 1.29 bits per heavy atom. The van der Waals surface area contributed by atoms with Gasteiger partial charge in [0.1, 0.15) is 4.32 Å². The maximum Gasteiger partial charge on any atom is 0.266 e. The molecular formula is C20H23N3O2S3. The molecule has 1 saturated heterocycles. The standard InChI is InChI=1S/C20H23N3O2S3/c1-14-6-8-15(9-7-14)13-16-18(25)23(20(26)28-16)11-4-2-3-5-17(24)22-19-21-10-12-27-19/h6-9,13H,2-5,10-12H2,1H3,(H,21,22,24)/b16-13-. The van der Waals surface area contributed by atoms with Crippen molar-refractivity contribution in [1.29, 1.82) is 0 Å². The van der Waals surface area contributed by atoms with E-state index in [0.29, 0.717) is 22.2 Å². The highest BCUT2D eigenvalue weighted by Gasteiger charge is 2.31. The van der Waals surface area contributed by atoms with Crippen molar-refractivity contribution in [3.8, 4) is 0 Å². The van der Waals surface area contributed by atoms with Gasteiger partial charge < -0.3 is 5.32 Å². The van der Waals surface area contributed by atoms with E-state index < -0.39 is 0 Å². The second-order valence-electron chi connectivity index (χ2n) is 6.64. The van der Waals surface area contributed by atoms with Gasteiger partial charge in [0.05, 0.1) is 11.4 Å². The van der Waals surface area contributed by atoms with Gasteiger partial charge in [0.2, 0.25) is 5.91 Å². The average Bonchev–Trinajstić information content (AvgIpc) is 3.26. The number of hydrogen-bond acceptors (Lipinski definition) is 6. The van der Waals surface area contributed by atoms with Crippen LogP contribution in [0.4, 0.5) is 0 Å². The van der Waals surface area contributed by atoms with E-state index in [9.17, 15) is 9.59 Å². The zero-order chi connectivity index (χ0) is 19.9. The van der Waals surface area contributed by atoms with Crippen molar-refractivity contribution < 1.29 is 9.59 Å². The minimum atomic E-state index is -0.0235. The Morgan fingerprint density at radius 3 is 2.79 bits per heavy atom. The number of nitrogens with one attached hydrogen (secondary N) is 1. The van der Waals surface area contributed by atoms with Crippen molar-refractivity contribution in [2.45, 2.75) is 32.6 Å². The Hall–Kier alpha value is -1.64. The van der Waals surface area contributed by atoms with Crippen molar-refractivity contribution in [3.63, 3.8) is 0 Å². The smallest absolute Gasteiger partial charge is 0.266 e. The second-order valence-corrected chi connectivity index (χ2v) is 9.40. The average molecular weight is 434 g/mol. The molecule has 3 rings (SSSR count). The number of carbonyl (C=O) groups is 2. The molecule has 0 unspecified atom stereocenters. The quantitative estimate of drug-likeness (QED) is 0.400. The van der Waals surface area contributed by atoms with Crippen LogP contribution in [0, 0.1) is 6.92 Å². The topological polar surface area (TPSA) is 61.8 Å². The highest BCUT2D eigenvalue weighted by atomic mass is 32.2. The molecule has 2 aliphatic rings. The zero-order valence-electron chi connectivity index (χ0n) is 15.8. The van der Waals surface area contributed by atoms with Gasteiger partial charge in [0.15, 0.2) is 5.17 Å². The monoisotopic (exact) mass is 433 g/mol. The van der Waals surface area contributed by atoms with E-state index in [1.807, 2.05) is 37.3 Å². The summed E-state index contributed by atoms with van der Waals surface area (Å²) < 4.78 is 0.609. The van der Waals surface area contributed by atoms with Gasteiger partial charge in [-0.1, -0.05) is 72.0 Å². The lowest BCUT2D eigenvalue weighted by Crippen LogP contribution is -2.29. The van der Waals surface area contributed by atoms with Crippen LogP contribution in [0.25, 0.3) is 6.08 Å². The summed E-state index contributed by atoms with van der Waals surface area (Å²) in [7, 11) is 0. The molecule has 0 saturated carbocycles. The van der Waals surface area contributed by atoms with Crippen LogP contribution in [0.3, 0.4) is 0 Å². The summed E-state index contributed by atoms with van der Waals surface area (Å²) >= 11 is 8.32. The molecule has 1 fully saturated rings. The molecule has 0 aliphatic carbocycles. The Bertz CT molecular complexity index is 818. The van der Waals surface area contributed by atoms with E-state index in [1.54, 1.807) is 16.7 Å². The molecule has 0 radical (unpaired) electrons. The maximum atomic E-state index is 12.6. The number of amidine groups is 1. The molecule has 28 heavy (non-hydrogen) atoms. The van der Waals surface area contributed by atoms with Crippen molar-refractivity contribution >= 4 is 63.1 Å². The number of thioether (sulfide) groups is 2. The van der Waals surface area contributed by atoms with E-state index >= 15 is 0 Å². The molecule has 0 atom stereocenters. The second kappa shape index (κ2) is 10.2. The number of aliphatic imine (C=N–C) groups is 1. The van der Waals surface area contributed by atoms with Gasteiger partial charge in [0.25, 0.3) is 5.91 Å². The van der Waals surface area contributed by atoms with Crippen LogP contribution >= 0.6 is 35.7 Å². The van der Waals surface area contributed by atoms with E-state index in [-0.39, 0.29) is 11.8 Å². The fraction of sp³-hybridized carbons (Fsp3) is 0.400. The summed E-state index contributed by atoms with van der Waals surface area (Å²) in [5, 5.41) is 3.57. The van der Waals surface area contributed by atoms with E-state index in [2.05, 4.69) is 10.3 Å². The highest BCUT2D eigenvalue weighted by molar-refractivity contribution is 8.26. The van der Waals surface area contributed by atoms with Gasteiger partial charge in [-0.05, 0) is 31.4 Å². The fourth-order valence-corrected chi connectivity index (χ4v) is 4.88. The number of carbonyl (C=O) groups excluding carboxylic acids is 2. The molecule has 5 nitrogen and oxygen atoms in total. The summed E-state index contributed by atoms with van der Waals surface area (Å²) in [6, 6.07) is 8.06. The third kappa shape index (κ3) is 5.93. The normalized spacial score (nSPS) is 18.1. The number of rotatable bonds is 7. The van der Waals surface area contributed by atoms with Crippen LogP contribution < -0.4 is 5.32 Å². The van der Waals surface area contributed by atoms with E-state index in [0.717, 1.165) is 42.3 Å². The van der Waals surface area contributed by atoms with E-state index in [4.69, 9.17) is 12.2 Å². The first kappa shape index (κ1) is 21.1. The van der Waals surface area contributed by atoms with Crippen molar-refractivity contribution in [1.82, 2.24) is 10.2 Å².